The van der Waals surface area contributed by atoms with Crippen molar-refractivity contribution in [3.8, 4) is 0 Å². The molecule has 1 aliphatic rings. The van der Waals surface area contributed by atoms with Gasteiger partial charge in [-0.1, -0.05) is 6.92 Å². The first-order valence-corrected chi connectivity index (χ1v) is 6.51. The molecule has 7 heteroatoms. The normalized spacial score (nSPS) is 21.1. The Balaban J connectivity index is 2.23. The van der Waals surface area contributed by atoms with E-state index in [1.54, 1.807) is 0 Å². The Labute approximate surface area is 121 Å². The summed E-state index contributed by atoms with van der Waals surface area (Å²) in [6, 6.07) is 2.80. The number of likely N-dealkylation sites (tertiary alicyclic amines) is 1. The molecule has 7 nitrogen and oxygen atoms in total. The first-order chi connectivity index (χ1) is 9.95. The molecule has 1 aromatic heterocycles. The molecule has 2 atom stereocenters. The summed E-state index contributed by atoms with van der Waals surface area (Å²) in [4.78, 5) is 40.5. The molecule has 0 bridgehead atoms. The molecule has 0 saturated carbocycles. The van der Waals surface area contributed by atoms with Gasteiger partial charge in [0.25, 0.3) is 5.91 Å². The molecule has 0 spiro atoms. The Morgan fingerprint density at radius 3 is 2.71 bits per heavy atom. The van der Waals surface area contributed by atoms with Crippen molar-refractivity contribution < 1.29 is 24.2 Å². The molecular formula is C14H16N2O5. The van der Waals surface area contributed by atoms with Crippen LogP contribution in [-0.4, -0.2) is 53.0 Å². The zero-order chi connectivity index (χ0) is 15.6. The van der Waals surface area contributed by atoms with Crippen molar-refractivity contribution in [1.29, 1.82) is 0 Å². The zero-order valence-electron chi connectivity index (χ0n) is 11.8. The molecule has 21 heavy (non-hydrogen) atoms. The van der Waals surface area contributed by atoms with Crippen molar-refractivity contribution in [2.45, 2.75) is 6.92 Å². The van der Waals surface area contributed by atoms with Crippen LogP contribution in [-0.2, 0) is 9.53 Å². The van der Waals surface area contributed by atoms with Gasteiger partial charge in [0.2, 0.25) is 0 Å². The van der Waals surface area contributed by atoms with Gasteiger partial charge < -0.3 is 14.7 Å². The third kappa shape index (κ3) is 2.86. The number of hydrogen-bond acceptors (Lipinski definition) is 5. The van der Waals surface area contributed by atoms with Crippen LogP contribution >= 0.6 is 0 Å². The van der Waals surface area contributed by atoms with Crippen LogP contribution in [0.1, 0.15) is 27.8 Å². The van der Waals surface area contributed by atoms with Crippen molar-refractivity contribution in [1.82, 2.24) is 9.88 Å². The topological polar surface area (TPSA) is 96.8 Å². The standard InChI is InChI=1S/C14H16N2O5/c1-8-6-16(7-10(8)14(20)21-2)12(17)11-9(13(18)19)4-3-5-15-11/h3-5,8,10H,6-7H2,1-2H3,(H,18,19). The number of methoxy groups -OCH3 is 1. The fourth-order valence-electron chi connectivity index (χ4n) is 2.49. The van der Waals surface area contributed by atoms with E-state index in [1.807, 2.05) is 6.92 Å². The molecular weight excluding hydrogens is 276 g/mol. The molecule has 1 N–H and O–H groups in total. The first kappa shape index (κ1) is 15.0. The number of ether oxygens (including phenoxy) is 1. The lowest BCUT2D eigenvalue weighted by molar-refractivity contribution is -0.146. The maximum absolute atomic E-state index is 12.4. The molecule has 112 valence electrons. The molecule has 1 fully saturated rings. The highest BCUT2D eigenvalue weighted by atomic mass is 16.5. The summed E-state index contributed by atoms with van der Waals surface area (Å²) in [6.45, 7) is 2.43. The van der Waals surface area contributed by atoms with E-state index in [2.05, 4.69) is 4.98 Å². The molecule has 1 aromatic rings. The van der Waals surface area contributed by atoms with Crippen molar-refractivity contribution in [2.24, 2.45) is 11.8 Å². The Morgan fingerprint density at radius 2 is 2.10 bits per heavy atom. The summed E-state index contributed by atoms with van der Waals surface area (Å²) in [7, 11) is 1.31. The minimum atomic E-state index is -1.21. The Kier molecular flexibility index (Phi) is 4.21. The first-order valence-electron chi connectivity index (χ1n) is 6.51. The number of hydrogen-bond donors (Lipinski definition) is 1. The van der Waals surface area contributed by atoms with E-state index in [0.29, 0.717) is 6.54 Å². The van der Waals surface area contributed by atoms with Crippen LogP contribution in [0.5, 0.6) is 0 Å². The van der Waals surface area contributed by atoms with Crippen LogP contribution < -0.4 is 0 Å². The molecule has 2 unspecified atom stereocenters. The Bertz CT molecular complexity index is 586. The number of rotatable bonds is 3. The van der Waals surface area contributed by atoms with Crippen molar-refractivity contribution in [2.75, 3.05) is 20.2 Å². The molecule has 2 heterocycles. The molecule has 1 aliphatic heterocycles. The van der Waals surface area contributed by atoms with E-state index in [1.165, 1.54) is 30.3 Å². The number of carboxylic acid groups (broad SMARTS) is 1. The second-order valence-corrected chi connectivity index (χ2v) is 5.02. The second kappa shape index (κ2) is 5.90. The van der Waals surface area contributed by atoms with Gasteiger partial charge in [0.15, 0.2) is 0 Å². The van der Waals surface area contributed by atoms with Crippen molar-refractivity contribution in [3.63, 3.8) is 0 Å². The smallest absolute Gasteiger partial charge is 0.338 e. The van der Waals surface area contributed by atoms with Gasteiger partial charge in [-0.05, 0) is 18.1 Å². The van der Waals surface area contributed by atoms with E-state index < -0.39 is 17.8 Å². The lowest BCUT2D eigenvalue weighted by Gasteiger charge is -2.16. The summed E-state index contributed by atoms with van der Waals surface area (Å²) < 4.78 is 4.71. The average Bonchev–Trinajstić information content (AvgIpc) is 2.87. The van der Waals surface area contributed by atoms with E-state index >= 15 is 0 Å². The number of amides is 1. The van der Waals surface area contributed by atoms with Crippen LogP contribution in [0.4, 0.5) is 0 Å². The van der Waals surface area contributed by atoms with Crippen LogP contribution in [0.3, 0.4) is 0 Å². The van der Waals surface area contributed by atoms with Crippen molar-refractivity contribution in [3.05, 3.63) is 29.6 Å². The third-order valence-corrected chi connectivity index (χ3v) is 3.64. The van der Waals surface area contributed by atoms with E-state index in [-0.39, 0.29) is 29.7 Å². The van der Waals surface area contributed by atoms with Gasteiger partial charge in [-0.3, -0.25) is 14.6 Å². The average molecular weight is 292 g/mol. The molecule has 1 amide bonds. The minimum Gasteiger partial charge on any atom is -0.478 e. The summed E-state index contributed by atoms with van der Waals surface area (Å²) in [5.74, 6) is -2.49. The highest BCUT2D eigenvalue weighted by molar-refractivity contribution is 6.03. The number of carbonyl (C=O) groups is 3. The summed E-state index contributed by atoms with van der Waals surface area (Å²) in [5.41, 5.74) is -0.251. The maximum atomic E-state index is 12.4. The maximum Gasteiger partial charge on any atom is 0.338 e. The van der Waals surface area contributed by atoms with Gasteiger partial charge in [0.05, 0.1) is 18.6 Å². The largest absolute Gasteiger partial charge is 0.478 e. The Hall–Kier alpha value is -2.44. The minimum absolute atomic E-state index is 0.0432. The van der Waals surface area contributed by atoms with Gasteiger partial charge in [0.1, 0.15) is 5.69 Å². The highest BCUT2D eigenvalue weighted by Gasteiger charge is 2.39. The van der Waals surface area contributed by atoms with Gasteiger partial charge in [-0.2, -0.15) is 0 Å². The number of aromatic nitrogens is 1. The van der Waals surface area contributed by atoms with E-state index in [9.17, 15) is 14.4 Å². The predicted molar refractivity (Wildman–Crippen MR) is 71.8 cm³/mol. The second-order valence-electron chi connectivity index (χ2n) is 5.02. The number of pyridine rings is 1. The summed E-state index contributed by atoms with van der Waals surface area (Å²) >= 11 is 0. The SMILES string of the molecule is COC(=O)C1CN(C(=O)c2ncccc2C(=O)O)CC1C. The van der Waals surface area contributed by atoms with Crippen LogP contribution in [0, 0.1) is 11.8 Å². The van der Waals surface area contributed by atoms with Gasteiger partial charge in [0, 0.05) is 19.3 Å². The van der Waals surface area contributed by atoms with Gasteiger partial charge in [-0.25, -0.2) is 4.79 Å². The quantitative estimate of drug-likeness (QED) is 0.822. The number of carboxylic acids is 1. The lowest BCUT2D eigenvalue weighted by atomic mass is 9.99. The van der Waals surface area contributed by atoms with Gasteiger partial charge in [-0.15, -0.1) is 0 Å². The van der Waals surface area contributed by atoms with Crippen LogP contribution in [0.2, 0.25) is 0 Å². The van der Waals surface area contributed by atoms with Crippen molar-refractivity contribution >= 4 is 17.8 Å². The molecule has 0 aromatic carbocycles. The predicted octanol–water partition coefficient (Wildman–Crippen LogP) is 0.661. The number of aromatic carboxylic acids is 1. The van der Waals surface area contributed by atoms with E-state index in [0.717, 1.165) is 0 Å². The zero-order valence-corrected chi connectivity index (χ0v) is 11.8. The van der Waals surface area contributed by atoms with Gasteiger partial charge >= 0.3 is 11.9 Å². The fourth-order valence-corrected chi connectivity index (χ4v) is 2.49. The highest BCUT2D eigenvalue weighted by Crippen LogP contribution is 2.25. The lowest BCUT2D eigenvalue weighted by Crippen LogP contribution is -2.32. The summed E-state index contributed by atoms with van der Waals surface area (Å²) in [5, 5.41) is 9.10. The number of carbonyl (C=O) groups excluding carboxylic acids is 2. The Morgan fingerprint density at radius 1 is 1.38 bits per heavy atom. The molecule has 0 aliphatic carbocycles. The third-order valence-electron chi connectivity index (χ3n) is 3.64. The fraction of sp³-hybridized carbons (Fsp3) is 0.429. The number of nitrogens with zero attached hydrogens (tertiary/aromatic N) is 2. The molecule has 0 radical (unpaired) electrons. The van der Waals surface area contributed by atoms with Crippen LogP contribution in [0.15, 0.2) is 18.3 Å². The molecule has 1 saturated heterocycles. The number of esters is 1. The monoisotopic (exact) mass is 292 g/mol. The van der Waals surface area contributed by atoms with Crippen LogP contribution in [0.25, 0.3) is 0 Å². The molecule has 2 rings (SSSR count). The summed E-state index contributed by atoms with van der Waals surface area (Å²) in [6.07, 6.45) is 1.37. The van der Waals surface area contributed by atoms with E-state index in [4.69, 9.17) is 9.84 Å².